The normalized spacial score (nSPS) is 19.7. The van der Waals surface area contributed by atoms with Gasteiger partial charge in [0.05, 0.1) is 6.10 Å². The number of carbonyl (C=O) groups excluding carboxylic acids is 1. The molecular formula is C13H17BrN2O2. The summed E-state index contributed by atoms with van der Waals surface area (Å²) in [7, 11) is 0. The second-order valence-electron chi connectivity index (χ2n) is 4.62. The Bertz CT molecular complexity index is 414. The molecule has 5 heteroatoms. The van der Waals surface area contributed by atoms with Crippen molar-refractivity contribution >= 4 is 21.8 Å². The van der Waals surface area contributed by atoms with Crippen molar-refractivity contribution in [2.75, 3.05) is 13.1 Å². The Labute approximate surface area is 115 Å². The van der Waals surface area contributed by atoms with Crippen LogP contribution in [0, 0.1) is 0 Å². The molecule has 1 atom stereocenters. The van der Waals surface area contributed by atoms with E-state index < -0.39 is 6.04 Å². The molecule has 1 amide bonds. The maximum atomic E-state index is 11.7. The Kier molecular flexibility index (Phi) is 4.37. The van der Waals surface area contributed by atoms with E-state index in [9.17, 15) is 9.90 Å². The van der Waals surface area contributed by atoms with Crippen LogP contribution in [0.4, 0.5) is 0 Å². The molecule has 1 aliphatic rings. The first-order valence-electron chi connectivity index (χ1n) is 6.05. The summed E-state index contributed by atoms with van der Waals surface area (Å²) >= 11 is 3.37. The van der Waals surface area contributed by atoms with Crippen LogP contribution >= 0.6 is 15.9 Å². The number of aliphatic hydroxyl groups excluding tert-OH is 1. The molecule has 0 unspecified atom stereocenters. The summed E-state index contributed by atoms with van der Waals surface area (Å²) in [5.74, 6) is -0.339. The quantitative estimate of drug-likeness (QED) is 0.887. The third-order valence-corrected chi connectivity index (χ3v) is 3.85. The van der Waals surface area contributed by atoms with E-state index in [0.29, 0.717) is 25.9 Å². The van der Waals surface area contributed by atoms with Gasteiger partial charge in [-0.3, -0.25) is 9.69 Å². The van der Waals surface area contributed by atoms with Gasteiger partial charge in [0.15, 0.2) is 0 Å². The first-order chi connectivity index (χ1) is 8.58. The minimum atomic E-state index is -0.398. The standard InChI is InChI=1S/C13H17BrN2O2/c14-10-3-1-9(2-4-10)12(13(15)18)16-7-5-11(17)6-8-16/h1-4,11-12,17H,5-8H2,(H2,15,18)/t12-/m1/s1. The van der Waals surface area contributed by atoms with Crippen LogP contribution in [-0.2, 0) is 4.79 Å². The van der Waals surface area contributed by atoms with Crippen molar-refractivity contribution in [1.82, 2.24) is 4.90 Å². The highest BCUT2D eigenvalue weighted by molar-refractivity contribution is 9.10. The SMILES string of the molecule is NC(=O)[C@@H](c1ccc(Br)cc1)N1CCC(O)CC1. The molecule has 0 bridgehead atoms. The Morgan fingerprint density at radius 3 is 2.39 bits per heavy atom. The number of piperidine rings is 1. The fourth-order valence-corrected chi connectivity index (χ4v) is 2.61. The van der Waals surface area contributed by atoms with Gasteiger partial charge in [-0.2, -0.15) is 0 Å². The zero-order valence-corrected chi connectivity index (χ0v) is 11.6. The van der Waals surface area contributed by atoms with Crippen molar-refractivity contribution in [2.45, 2.75) is 25.0 Å². The molecule has 1 fully saturated rings. The van der Waals surface area contributed by atoms with Crippen LogP contribution in [0.15, 0.2) is 28.7 Å². The van der Waals surface area contributed by atoms with Crippen LogP contribution in [-0.4, -0.2) is 35.1 Å². The molecule has 1 aromatic rings. The number of aliphatic hydroxyl groups is 1. The zero-order valence-electron chi connectivity index (χ0n) is 10.1. The molecule has 3 N–H and O–H groups in total. The summed E-state index contributed by atoms with van der Waals surface area (Å²) in [6, 6.07) is 7.23. The highest BCUT2D eigenvalue weighted by Crippen LogP contribution is 2.25. The molecule has 4 nitrogen and oxygen atoms in total. The molecule has 1 heterocycles. The van der Waals surface area contributed by atoms with E-state index in [4.69, 9.17) is 5.73 Å². The molecule has 1 aromatic carbocycles. The maximum absolute atomic E-state index is 11.7. The molecular weight excluding hydrogens is 296 g/mol. The average molecular weight is 313 g/mol. The second kappa shape index (κ2) is 5.82. The van der Waals surface area contributed by atoms with Crippen molar-refractivity contribution in [3.05, 3.63) is 34.3 Å². The molecule has 0 aliphatic carbocycles. The van der Waals surface area contributed by atoms with Crippen molar-refractivity contribution in [2.24, 2.45) is 5.73 Å². The molecule has 1 saturated heterocycles. The van der Waals surface area contributed by atoms with Crippen molar-refractivity contribution in [3.8, 4) is 0 Å². The number of nitrogens with two attached hydrogens (primary N) is 1. The lowest BCUT2D eigenvalue weighted by Gasteiger charge is -2.34. The smallest absolute Gasteiger partial charge is 0.239 e. The average Bonchev–Trinajstić information content (AvgIpc) is 2.34. The predicted molar refractivity (Wildman–Crippen MR) is 72.9 cm³/mol. The summed E-state index contributed by atoms with van der Waals surface area (Å²) in [5, 5.41) is 9.51. The summed E-state index contributed by atoms with van der Waals surface area (Å²) in [6.07, 6.45) is 1.14. The van der Waals surface area contributed by atoms with Gasteiger partial charge >= 0.3 is 0 Å². The number of benzene rings is 1. The number of nitrogens with zero attached hydrogens (tertiary/aromatic N) is 1. The molecule has 0 spiro atoms. The Hall–Kier alpha value is -0.910. The Morgan fingerprint density at radius 1 is 1.33 bits per heavy atom. The topological polar surface area (TPSA) is 66.6 Å². The Balaban J connectivity index is 2.18. The lowest BCUT2D eigenvalue weighted by atomic mass is 10.00. The first kappa shape index (κ1) is 13.5. The van der Waals surface area contributed by atoms with Gasteiger partial charge in [-0.1, -0.05) is 28.1 Å². The highest BCUT2D eigenvalue weighted by Gasteiger charge is 2.28. The highest BCUT2D eigenvalue weighted by atomic mass is 79.9. The molecule has 0 radical (unpaired) electrons. The van der Waals surface area contributed by atoms with Crippen molar-refractivity contribution in [1.29, 1.82) is 0 Å². The van der Waals surface area contributed by atoms with E-state index in [0.717, 1.165) is 10.0 Å². The minimum Gasteiger partial charge on any atom is -0.393 e. The molecule has 0 saturated carbocycles. The molecule has 0 aromatic heterocycles. The van der Waals surface area contributed by atoms with Gasteiger partial charge in [0.25, 0.3) is 0 Å². The molecule has 2 rings (SSSR count). The van der Waals surface area contributed by atoms with E-state index in [1.54, 1.807) is 0 Å². The van der Waals surface area contributed by atoms with Gasteiger partial charge in [-0.15, -0.1) is 0 Å². The third-order valence-electron chi connectivity index (χ3n) is 3.32. The number of primary amides is 1. The van der Waals surface area contributed by atoms with Gasteiger partial charge in [0.1, 0.15) is 6.04 Å². The van der Waals surface area contributed by atoms with E-state index in [-0.39, 0.29) is 12.0 Å². The number of rotatable bonds is 3. The lowest BCUT2D eigenvalue weighted by molar-refractivity contribution is -0.124. The van der Waals surface area contributed by atoms with Crippen LogP contribution in [0.25, 0.3) is 0 Å². The van der Waals surface area contributed by atoms with E-state index >= 15 is 0 Å². The first-order valence-corrected chi connectivity index (χ1v) is 6.84. The van der Waals surface area contributed by atoms with Crippen molar-refractivity contribution < 1.29 is 9.90 Å². The number of amides is 1. The van der Waals surface area contributed by atoms with Gasteiger partial charge in [-0.25, -0.2) is 0 Å². The summed E-state index contributed by atoms with van der Waals surface area (Å²) < 4.78 is 0.975. The van der Waals surface area contributed by atoms with Crippen LogP contribution in [0.2, 0.25) is 0 Å². The van der Waals surface area contributed by atoms with Crippen LogP contribution in [0.5, 0.6) is 0 Å². The molecule has 18 heavy (non-hydrogen) atoms. The second-order valence-corrected chi connectivity index (χ2v) is 5.54. The summed E-state index contributed by atoms with van der Waals surface area (Å²) in [4.78, 5) is 13.7. The van der Waals surface area contributed by atoms with E-state index in [1.807, 2.05) is 29.2 Å². The number of likely N-dealkylation sites (tertiary alicyclic amines) is 1. The number of carbonyl (C=O) groups is 1. The van der Waals surface area contributed by atoms with Crippen LogP contribution in [0.1, 0.15) is 24.4 Å². The number of hydrogen-bond acceptors (Lipinski definition) is 3. The fourth-order valence-electron chi connectivity index (χ4n) is 2.34. The largest absolute Gasteiger partial charge is 0.393 e. The molecule has 1 aliphatic heterocycles. The van der Waals surface area contributed by atoms with E-state index in [2.05, 4.69) is 15.9 Å². The minimum absolute atomic E-state index is 0.250. The van der Waals surface area contributed by atoms with Gasteiger partial charge in [0.2, 0.25) is 5.91 Å². The Morgan fingerprint density at radius 2 is 1.89 bits per heavy atom. The monoisotopic (exact) mass is 312 g/mol. The van der Waals surface area contributed by atoms with Crippen molar-refractivity contribution in [3.63, 3.8) is 0 Å². The fraction of sp³-hybridized carbons (Fsp3) is 0.462. The third kappa shape index (κ3) is 3.10. The van der Waals surface area contributed by atoms with Crippen LogP contribution < -0.4 is 5.73 Å². The van der Waals surface area contributed by atoms with Crippen LogP contribution in [0.3, 0.4) is 0 Å². The van der Waals surface area contributed by atoms with Gasteiger partial charge < -0.3 is 10.8 Å². The maximum Gasteiger partial charge on any atom is 0.239 e. The van der Waals surface area contributed by atoms with E-state index in [1.165, 1.54) is 0 Å². The number of hydrogen-bond donors (Lipinski definition) is 2. The number of halogens is 1. The predicted octanol–water partition coefficient (Wildman–Crippen LogP) is 1.43. The molecule has 98 valence electrons. The van der Waals surface area contributed by atoms with Gasteiger partial charge in [0, 0.05) is 17.6 Å². The summed E-state index contributed by atoms with van der Waals surface area (Å²) in [5.41, 5.74) is 6.42. The van der Waals surface area contributed by atoms with Gasteiger partial charge in [-0.05, 0) is 30.5 Å². The zero-order chi connectivity index (χ0) is 13.1. The lowest BCUT2D eigenvalue weighted by Crippen LogP contribution is -2.43. The summed E-state index contributed by atoms with van der Waals surface area (Å²) in [6.45, 7) is 1.40.